The molecule has 7 heteroatoms. The maximum absolute atomic E-state index is 5.52. The van der Waals surface area contributed by atoms with E-state index < -0.39 is 0 Å². The minimum absolute atomic E-state index is 0. The van der Waals surface area contributed by atoms with Crippen molar-refractivity contribution >= 4 is 69.2 Å². The van der Waals surface area contributed by atoms with E-state index in [9.17, 15) is 0 Å². The summed E-state index contributed by atoms with van der Waals surface area (Å²) in [5.74, 6) is 0. The molecule has 2 aliphatic rings. The fourth-order valence-corrected chi connectivity index (χ4v) is 8.29. The molecule has 0 amide bonds. The molecule has 2 aliphatic heterocycles. The molecule has 302 valence electrons. The van der Waals surface area contributed by atoms with Gasteiger partial charge in [0, 0.05) is 22.3 Å². The minimum atomic E-state index is 0. The molecular formula is C58H38N6Zn. The molecule has 0 N–H and O–H groups in total. The maximum atomic E-state index is 5.52. The van der Waals surface area contributed by atoms with Crippen molar-refractivity contribution in [2.75, 3.05) is 0 Å². The third kappa shape index (κ3) is 8.29. The summed E-state index contributed by atoms with van der Waals surface area (Å²) in [5.41, 5.74) is 16.5. The Kier molecular flexibility index (Phi) is 11.5. The van der Waals surface area contributed by atoms with Gasteiger partial charge >= 0.3 is 19.5 Å². The summed E-state index contributed by atoms with van der Waals surface area (Å²) in [7, 11) is 0. The van der Waals surface area contributed by atoms with Gasteiger partial charge in [-0.3, -0.25) is 0 Å². The molecule has 0 saturated heterocycles. The van der Waals surface area contributed by atoms with Gasteiger partial charge in [-0.25, -0.2) is 20.0 Å². The summed E-state index contributed by atoms with van der Waals surface area (Å²) >= 11 is 0. The van der Waals surface area contributed by atoms with Crippen molar-refractivity contribution in [3.63, 3.8) is 0 Å². The maximum Gasteiger partial charge on any atom is 2.00 e. The van der Waals surface area contributed by atoms with Gasteiger partial charge in [0.2, 0.25) is 0 Å². The van der Waals surface area contributed by atoms with Crippen molar-refractivity contribution in [2.24, 2.45) is 9.98 Å². The number of rotatable bonds is 8. The van der Waals surface area contributed by atoms with Crippen LogP contribution in [0.2, 0.25) is 0 Å². The number of nitrogens with zero attached hydrogens (tertiary/aromatic N) is 6. The molecule has 0 fully saturated rings. The van der Waals surface area contributed by atoms with E-state index in [1.807, 2.05) is 133 Å². The van der Waals surface area contributed by atoms with Crippen molar-refractivity contribution in [3.05, 3.63) is 251 Å². The molecule has 6 nitrogen and oxygen atoms in total. The smallest absolute Gasteiger partial charge is 0.655 e. The van der Waals surface area contributed by atoms with Crippen LogP contribution in [0.3, 0.4) is 0 Å². The normalized spacial score (nSPS) is 11.4. The van der Waals surface area contributed by atoms with Gasteiger partial charge in [0.05, 0.1) is 45.6 Å². The average molecular weight is 884 g/mol. The zero-order valence-electron chi connectivity index (χ0n) is 35.3. The summed E-state index contributed by atoms with van der Waals surface area (Å²) in [6.07, 6.45) is 8.21. The first-order valence-corrected chi connectivity index (χ1v) is 21.3. The molecule has 8 bridgehead atoms. The predicted molar refractivity (Wildman–Crippen MR) is 264 cm³/mol. The summed E-state index contributed by atoms with van der Waals surface area (Å²) < 4.78 is 0. The molecule has 0 atom stereocenters. The summed E-state index contributed by atoms with van der Waals surface area (Å²) in [6, 6.07) is 70.0. The van der Waals surface area contributed by atoms with E-state index >= 15 is 0 Å². The molecule has 5 heterocycles. The Morgan fingerprint density at radius 3 is 0.908 bits per heavy atom. The molecule has 9 aromatic rings. The molecule has 6 aromatic carbocycles. The van der Waals surface area contributed by atoms with Crippen molar-refractivity contribution in [3.8, 4) is 22.3 Å². The van der Waals surface area contributed by atoms with Crippen molar-refractivity contribution in [1.82, 2.24) is 19.9 Å². The van der Waals surface area contributed by atoms with E-state index in [2.05, 4.69) is 97.1 Å². The molecule has 65 heavy (non-hydrogen) atoms. The second-order valence-corrected chi connectivity index (χ2v) is 15.4. The van der Waals surface area contributed by atoms with Crippen LogP contribution in [0.15, 0.2) is 216 Å². The van der Waals surface area contributed by atoms with Crippen LogP contribution in [0.25, 0.3) is 68.6 Å². The van der Waals surface area contributed by atoms with Crippen LogP contribution in [0.4, 0.5) is 11.4 Å². The molecular weight excluding hydrogens is 846 g/mol. The van der Waals surface area contributed by atoms with Gasteiger partial charge in [-0.15, -0.1) is 22.1 Å². The largest absolute Gasteiger partial charge is 2.00 e. The van der Waals surface area contributed by atoms with Crippen LogP contribution in [0, 0.1) is 0 Å². The summed E-state index contributed by atoms with van der Waals surface area (Å²) in [5, 5.41) is 0. The van der Waals surface area contributed by atoms with Crippen molar-refractivity contribution < 1.29 is 19.5 Å². The molecule has 0 unspecified atom stereocenters. The predicted octanol–water partition coefficient (Wildman–Crippen LogP) is 13.6. The first-order valence-electron chi connectivity index (χ1n) is 21.3. The van der Waals surface area contributed by atoms with Crippen LogP contribution in [-0.4, -0.2) is 21.4 Å². The van der Waals surface area contributed by atoms with Crippen molar-refractivity contribution in [1.29, 1.82) is 0 Å². The number of hydrogen-bond donors (Lipinski definition) is 0. The Hall–Kier alpha value is -8.12. The van der Waals surface area contributed by atoms with E-state index in [-0.39, 0.29) is 19.5 Å². The van der Waals surface area contributed by atoms with Crippen molar-refractivity contribution in [2.45, 2.75) is 0 Å². The summed E-state index contributed by atoms with van der Waals surface area (Å²) in [6.45, 7) is 0. The number of fused-ring (bicyclic) bond motifs is 8. The molecule has 0 radical (unpaired) electrons. The summed E-state index contributed by atoms with van der Waals surface area (Å²) in [4.78, 5) is 32.7. The topological polar surface area (TPSA) is 78.7 Å². The van der Waals surface area contributed by atoms with Gasteiger partial charge in [-0.2, -0.15) is 0 Å². The zero-order valence-corrected chi connectivity index (χ0v) is 38.3. The minimum Gasteiger partial charge on any atom is -0.655 e. The third-order valence-corrected chi connectivity index (χ3v) is 11.3. The van der Waals surface area contributed by atoms with Gasteiger partial charge in [0.25, 0.3) is 0 Å². The van der Waals surface area contributed by atoms with E-state index in [1.165, 1.54) is 0 Å². The number of aromatic nitrogens is 4. The van der Waals surface area contributed by atoms with E-state index in [0.29, 0.717) is 33.8 Å². The third-order valence-electron chi connectivity index (χ3n) is 11.3. The van der Waals surface area contributed by atoms with Crippen LogP contribution in [0.5, 0.6) is 0 Å². The average Bonchev–Trinajstić information content (AvgIpc) is 4.22. The van der Waals surface area contributed by atoms with Gasteiger partial charge in [-0.1, -0.05) is 206 Å². The first kappa shape index (κ1) is 40.9. The van der Waals surface area contributed by atoms with Crippen LogP contribution >= 0.6 is 0 Å². The molecule has 0 spiro atoms. The Balaban J connectivity index is 0.00000498. The van der Waals surface area contributed by atoms with Gasteiger partial charge in [0.15, 0.2) is 0 Å². The van der Waals surface area contributed by atoms with Gasteiger partial charge < -0.3 is 9.97 Å². The molecule has 11 rings (SSSR count). The number of aliphatic imine (C=N–C) groups is 2. The monoisotopic (exact) mass is 882 g/mol. The number of benzene rings is 6. The Morgan fingerprint density at radius 1 is 0.308 bits per heavy atom. The molecule has 0 saturated carbocycles. The molecule has 3 aromatic heterocycles. The Labute approximate surface area is 390 Å². The Bertz CT molecular complexity index is 3130. The van der Waals surface area contributed by atoms with Crippen LogP contribution in [-0.2, 0) is 19.5 Å². The fraction of sp³-hybridized carbons (Fsp3) is 0. The van der Waals surface area contributed by atoms with E-state index in [0.717, 1.165) is 78.4 Å². The van der Waals surface area contributed by atoms with E-state index in [1.54, 1.807) is 0 Å². The standard InChI is InChI=1S/C58H38N6.Zn/c1-7-19-39(20-8-1)53-45-31-35-49(59-45)57(63-55(41-23-11-3-12-24-41)42-25-13-4-14-26-42)51-37-33-47(61-51)54(40-21-9-2-10-22-40)48-34-38-52(62-48)58(50-36-32-46(53)60-50)64-56(43-27-15-5-16-28-43)44-29-17-6-18-30-44;/h1-38H;/q-2;+2. The quantitative estimate of drug-likeness (QED) is 0.112. The SMILES string of the molecule is C1=Cc2nc1c(N=C(c1ccccc1)c1ccccc1)c1ccc([n-]1)c(-c1ccccc1)c1nc(c(N=C(c3ccccc3)c3ccccc3)c3ccc([n-]3)c2-c2ccccc2)C=C1.[Zn+2]. The first-order chi connectivity index (χ1) is 31.7. The van der Waals surface area contributed by atoms with Gasteiger partial charge in [-0.05, 0) is 46.6 Å². The van der Waals surface area contributed by atoms with Crippen LogP contribution < -0.4 is 9.97 Å². The second kappa shape index (κ2) is 18.3. The molecule has 0 aliphatic carbocycles. The van der Waals surface area contributed by atoms with Gasteiger partial charge in [0.1, 0.15) is 0 Å². The Morgan fingerprint density at radius 2 is 0.585 bits per heavy atom. The second-order valence-electron chi connectivity index (χ2n) is 15.4. The number of hydrogen-bond acceptors (Lipinski definition) is 4. The van der Waals surface area contributed by atoms with Crippen LogP contribution in [0.1, 0.15) is 45.0 Å². The zero-order chi connectivity index (χ0) is 42.7. The van der Waals surface area contributed by atoms with E-state index in [4.69, 9.17) is 29.9 Å². The fourth-order valence-electron chi connectivity index (χ4n) is 8.29.